The molecule has 0 amide bonds. The average molecular weight is 463 g/mol. The van der Waals surface area contributed by atoms with Crippen molar-refractivity contribution in [2.45, 2.75) is 42.8 Å². The van der Waals surface area contributed by atoms with Gasteiger partial charge in [0.2, 0.25) is 5.95 Å². The summed E-state index contributed by atoms with van der Waals surface area (Å²) in [5.74, 6) is 2.63. The molecular formula is C25H30N6OS. The number of aromatic nitrogens is 2. The van der Waals surface area contributed by atoms with E-state index < -0.39 is 5.60 Å². The Bertz CT molecular complexity index is 1250. The maximum absolute atomic E-state index is 10.5. The highest BCUT2D eigenvalue weighted by molar-refractivity contribution is 7.87. The summed E-state index contributed by atoms with van der Waals surface area (Å²) in [6, 6.07) is 15.6. The van der Waals surface area contributed by atoms with Crippen LogP contribution in [-0.2, 0) is 17.2 Å². The SMILES string of the molecule is Cc1ccc2nc(N3CCS(=NC4CC4)c4ccccc4C3)nc(N3CC(O)(CN)C3)c2c1. The summed E-state index contributed by atoms with van der Waals surface area (Å²) in [6.45, 7) is 4.99. The molecule has 0 bridgehead atoms. The molecule has 2 aromatic carbocycles. The molecule has 172 valence electrons. The molecule has 2 fully saturated rings. The number of fused-ring (bicyclic) bond motifs is 2. The molecule has 1 atom stereocenters. The van der Waals surface area contributed by atoms with Gasteiger partial charge in [0.15, 0.2) is 0 Å². The summed E-state index contributed by atoms with van der Waals surface area (Å²) in [4.78, 5) is 15.8. The highest BCUT2D eigenvalue weighted by Crippen LogP contribution is 2.35. The maximum atomic E-state index is 10.5. The highest BCUT2D eigenvalue weighted by Gasteiger charge is 2.41. The lowest BCUT2D eigenvalue weighted by Crippen LogP contribution is -2.65. The predicted octanol–water partition coefficient (Wildman–Crippen LogP) is 2.79. The molecule has 1 saturated heterocycles. The van der Waals surface area contributed by atoms with Gasteiger partial charge in [-0.05, 0) is 43.5 Å². The lowest BCUT2D eigenvalue weighted by Gasteiger charge is -2.46. The molecule has 33 heavy (non-hydrogen) atoms. The summed E-state index contributed by atoms with van der Waals surface area (Å²) < 4.78 is 5.14. The van der Waals surface area contributed by atoms with Crippen LogP contribution in [0.4, 0.5) is 11.8 Å². The number of anilines is 2. The van der Waals surface area contributed by atoms with Gasteiger partial charge in [-0.25, -0.2) is 4.98 Å². The topological polar surface area (TPSA) is 90.9 Å². The van der Waals surface area contributed by atoms with Crippen molar-refractivity contribution in [3.63, 3.8) is 0 Å². The van der Waals surface area contributed by atoms with Gasteiger partial charge in [-0.3, -0.25) is 4.36 Å². The first kappa shape index (κ1) is 21.0. The number of β-amino-alcohol motifs (C(OH)–C–C–N with tert-alkyl or cyclic N) is 1. The maximum Gasteiger partial charge on any atom is 0.228 e. The first-order valence-electron chi connectivity index (χ1n) is 11.7. The molecule has 7 nitrogen and oxygen atoms in total. The molecule has 8 heteroatoms. The fraction of sp³-hybridized carbons (Fsp3) is 0.440. The highest BCUT2D eigenvalue weighted by atomic mass is 32.2. The van der Waals surface area contributed by atoms with Gasteiger partial charge in [0.1, 0.15) is 11.4 Å². The third-order valence-corrected chi connectivity index (χ3v) is 8.75. The van der Waals surface area contributed by atoms with Crippen LogP contribution in [0.2, 0.25) is 0 Å². The summed E-state index contributed by atoms with van der Waals surface area (Å²) in [7, 11) is -0.0750. The van der Waals surface area contributed by atoms with E-state index in [2.05, 4.69) is 59.2 Å². The number of hydrogen-bond acceptors (Lipinski definition) is 7. The first-order valence-corrected chi connectivity index (χ1v) is 13.1. The van der Waals surface area contributed by atoms with Gasteiger partial charge >= 0.3 is 0 Å². The second-order valence-electron chi connectivity index (χ2n) is 9.59. The largest absolute Gasteiger partial charge is 0.385 e. The zero-order valence-electron chi connectivity index (χ0n) is 18.9. The normalized spacial score (nSPS) is 22.2. The Balaban J connectivity index is 1.40. The Morgan fingerprint density at radius 2 is 1.97 bits per heavy atom. The molecule has 1 saturated carbocycles. The standard InChI is InChI=1S/C25H30N6OS/c1-17-6-9-21-20(12-17)23(31-15-25(32,14-26)16-31)28-24(27-21)30-10-11-33(29-19-7-8-19)22-5-3-2-4-18(22)13-30/h2-6,9,12,19,32H,7-8,10-11,13-16,26H2,1H3. The van der Waals surface area contributed by atoms with E-state index in [-0.39, 0.29) is 17.2 Å². The van der Waals surface area contributed by atoms with E-state index in [1.807, 2.05) is 0 Å². The van der Waals surface area contributed by atoms with E-state index in [1.54, 1.807) is 0 Å². The van der Waals surface area contributed by atoms with Crippen molar-refractivity contribution in [1.82, 2.24) is 9.97 Å². The van der Waals surface area contributed by atoms with Gasteiger partial charge in [0.05, 0.1) is 24.6 Å². The predicted molar refractivity (Wildman–Crippen MR) is 134 cm³/mol. The zero-order chi connectivity index (χ0) is 22.6. The van der Waals surface area contributed by atoms with Crippen LogP contribution in [-0.4, -0.2) is 58.6 Å². The smallest absolute Gasteiger partial charge is 0.228 e. The third-order valence-electron chi connectivity index (χ3n) is 6.72. The summed E-state index contributed by atoms with van der Waals surface area (Å²) in [5.41, 5.74) is 8.37. The number of aryl methyl sites for hydroxylation is 1. The summed E-state index contributed by atoms with van der Waals surface area (Å²) in [5, 5.41) is 11.5. The third kappa shape index (κ3) is 4.00. The van der Waals surface area contributed by atoms with Crippen LogP contribution < -0.4 is 15.5 Å². The average Bonchev–Trinajstić information content (AvgIpc) is 3.64. The van der Waals surface area contributed by atoms with Crippen molar-refractivity contribution in [2.75, 3.05) is 41.7 Å². The second-order valence-corrected chi connectivity index (χ2v) is 11.4. The van der Waals surface area contributed by atoms with Crippen molar-refractivity contribution >= 4 is 33.4 Å². The van der Waals surface area contributed by atoms with Gasteiger partial charge in [0, 0.05) is 35.7 Å². The van der Waals surface area contributed by atoms with Crippen molar-refractivity contribution in [3.8, 4) is 0 Å². The number of hydrogen-bond donors (Lipinski definition) is 2. The Hall–Kier alpha value is -2.55. The Morgan fingerprint density at radius 3 is 2.76 bits per heavy atom. The molecule has 1 unspecified atom stereocenters. The number of rotatable bonds is 4. The van der Waals surface area contributed by atoms with Crippen LogP contribution >= 0.6 is 0 Å². The number of aliphatic hydroxyl groups is 1. The van der Waals surface area contributed by atoms with Gasteiger partial charge < -0.3 is 20.6 Å². The van der Waals surface area contributed by atoms with Crippen LogP contribution in [0.5, 0.6) is 0 Å². The van der Waals surface area contributed by atoms with Crippen LogP contribution in [0.1, 0.15) is 24.0 Å². The molecule has 6 rings (SSSR count). The Kier molecular flexibility index (Phi) is 5.12. The molecule has 1 aliphatic carbocycles. The monoisotopic (exact) mass is 462 g/mol. The molecule has 3 aliphatic rings. The fourth-order valence-electron chi connectivity index (χ4n) is 4.64. The number of benzene rings is 2. The lowest BCUT2D eigenvalue weighted by atomic mass is 9.94. The minimum atomic E-state index is -0.832. The van der Waals surface area contributed by atoms with Crippen molar-refractivity contribution < 1.29 is 5.11 Å². The van der Waals surface area contributed by atoms with E-state index in [0.29, 0.717) is 19.1 Å². The van der Waals surface area contributed by atoms with Crippen LogP contribution in [0.3, 0.4) is 0 Å². The van der Waals surface area contributed by atoms with Crippen molar-refractivity contribution in [3.05, 3.63) is 53.6 Å². The van der Waals surface area contributed by atoms with Crippen LogP contribution in [0, 0.1) is 6.92 Å². The molecule has 0 spiro atoms. The molecule has 2 aliphatic heterocycles. The van der Waals surface area contributed by atoms with E-state index in [9.17, 15) is 5.11 Å². The molecule has 1 aromatic heterocycles. The van der Waals surface area contributed by atoms with Crippen molar-refractivity contribution in [2.24, 2.45) is 10.1 Å². The molecular weight excluding hydrogens is 432 g/mol. The fourth-order valence-corrected chi connectivity index (χ4v) is 6.71. The number of nitrogens with two attached hydrogens (primary N) is 1. The van der Waals surface area contributed by atoms with Gasteiger partial charge in [-0.15, -0.1) is 0 Å². The van der Waals surface area contributed by atoms with Gasteiger partial charge in [-0.2, -0.15) is 4.98 Å². The van der Waals surface area contributed by atoms with Crippen LogP contribution in [0.25, 0.3) is 10.9 Å². The Morgan fingerprint density at radius 1 is 1.15 bits per heavy atom. The first-order chi connectivity index (χ1) is 16.0. The minimum Gasteiger partial charge on any atom is -0.385 e. The lowest BCUT2D eigenvalue weighted by molar-refractivity contribution is 0.0206. The van der Waals surface area contributed by atoms with E-state index in [1.165, 1.54) is 28.9 Å². The van der Waals surface area contributed by atoms with Crippen molar-refractivity contribution in [1.29, 1.82) is 0 Å². The van der Waals surface area contributed by atoms with E-state index in [4.69, 9.17) is 20.1 Å². The molecule has 3 aromatic rings. The van der Waals surface area contributed by atoms with E-state index in [0.717, 1.165) is 41.5 Å². The van der Waals surface area contributed by atoms with Crippen LogP contribution in [0.15, 0.2) is 51.7 Å². The van der Waals surface area contributed by atoms with Gasteiger partial charge in [0.25, 0.3) is 0 Å². The summed E-state index contributed by atoms with van der Waals surface area (Å²) in [6.07, 6.45) is 2.47. The number of nitrogens with zero attached hydrogens (tertiary/aromatic N) is 5. The second kappa shape index (κ2) is 8.04. The van der Waals surface area contributed by atoms with E-state index >= 15 is 0 Å². The summed E-state index contributed by atoms with van der Waals surface area (Å²) >= 11 is 0. The molecule has 0 radical (unpaired) electrons. The minimum absolute atomic E-state index is 0.0750. The van der Waals surface area contributed by atoms with Gasteiger partial charge in [-0.1, -0.05) is 40.5 Å². The molecule has 3 N–H and O–H groups in total. The molecule has 3 heterocycles. The Labute approximate surface area is 196 Å². The quantitative estimate of drug-likeness (QED) is 0.620. The zero-order valence-corrected chi connectivity index (χ0v) is 19.8.